The van der Waals surface area contributed by atoms with Crippen LogP contribution in [0.4, 0.5) is 5.82 Å². The second-order valence-corrected chi connectivity index (χ2v) is 5.40. The second-order valence-electron chi connectivity index (χ2n) is 3.21. The van der Waals surface area contributed by atoms with Crippen LogP contribution in [0.25, 0.3) is 0 Å². The molecule has 0 bridgehead atoms. The van der Waals surface area contributed by atoms with Gasteiger partial charge in [0.1, 0.15) is 10.4 Å². The highest BCUT2D eigenvalue weighted by atomic mass is 79.9. The smallest absolute Gasteiger partial charge is 0.127 e. The Morgan fingerprint density at radius 2 is 2.20 bits per heavy atom. The van der Waals surface area contributed by atoms with Crippen molar-refractivity contribution in [1.29, 1.82) is 0 Å². The van der Waals surface area contributed by atoms with Gasteiger partial charge in [0, 0.05) is 9.75 Å². The molecule has 2 rings (SSSR count). The Kier molecular flexibility index (Phi) is 3.38. The van der Waals surface area contributed by atoms with Crippen LogP contribution in [0.1, 0.15) is 9.75 Å². The van der Waals surface area contributed by atoms with Crippen LogP contribution in [0.2, 0.25) is 0 Å². The summed E-state index contributed by atoms with van der Waals surface area (Å²) >= 11 is 5.15. The second kappa shape index (κ2) is 4.77. The first kappa shape index (κ1) is 10.6. The van der Waals surface area contributed by atoms with E-state index in [0.29, 0.717) is 0 Å². The Labute approximate surface area is 101 Å². The third kappa shape index (κ3) is 3.04. The molecule has 0 saturated heterocycles. The van der Waals surface area contributed by atoms with E-state index in [-0.39, 0.29) is 0 Å². The van der Waals surface area contributed by atoms with Crippen molar-refractivity contribution in [2.24, 2.45) is 0 Å². The summed E-state index contributed by atoms with van der Waals surface area (Å²) in [5, 5.41) is 3.28. The molecule has 0 fully saturated rings. The van der Waals surface area contributed by atoms with Gasteiger partial charge in [0.15, 0.2) is 0 Å². The van der Waals surface area contributed by atoms with Gasteiger partial charge in [-0.2, -0.15) is 0 Å². The maximum absolute atomic E-state index is 4.31. The van der Waals surface area contributed by atoms with Gasteiger partial charge in [-0.05, 0) is 47.1 Å². The molecule has 0 aliphatic carbocycles. The molecule has 4 heteroatoms. The van der Waals surface area contributed by atoms with Gasteiger partial charge in [0.05, 0.1) is 6.54 Å². The first-order chi connectivity index (χ1) is 7.24. The molecule has 15 heavy (non-hydrogen) atoms. The van der Waals surface area contributed by atoms with E-state index >= 15 is 0 Å². The Balaban J connectivity index is 1.99. The molecule has 0 saturated carbocycles. The molecule has 0 unspecified atom stereocenters. The number of thiophene rings is 1. The predicted octanol–water partition coefficient (Wildman–Crippen LogP) is 3.83. The van der Waals surface area contributed by atoms with Crippen LogP contribution >= 0.6 is 27.3 Å². The number of hydrogen-bond acceptors (Lipinski definition) is 3. The lowest BCUT2D eigenvalue weighted by Crippen LogP contribution is -1.99. The molecule has 0 aliphatic rings. The van der Waals surface area contributed by atoms with E-state index < -0.39 is 0 Å². The van der Waals surface area contributed by atoms with Crippen LogP contribution in [0, 0.1) is 6.92 Å². The van der Waals surface area contributed by atoms with Crippen LogP contribution in [0.5, 0.6) is 0 Å². The fraction of sp³-hybridized carbons (Fsp3) is 0.182. The van der Waals surface area contributed by atoms with Crippen LogP contribution in [0.3, 0.4) is 0 Å². The Morgan fingerprint density at radius 3 is 2.87 bits per heavy atom. The predicted molar refractivity (Wildman–Crippen MR) is 68.3 cm³/mol. The van der Waals surface area contributed by atoms with Crippen molar-refractivity contribution in [3.8, 4) is 0 Å². The van der Waals surface area contributed by atoms with Crippen LogP contribution < -0.4 is 5.32 Å². The van der Waals surface area contributed by atoms with Gasteiger partial charge < -0.3 is 5.32 Å². The summed E-state index contributed by atoms with van der Waals surface area (Å²) in [5.74, 6) is 0.899. The molecule has 1 N–H and O–H groups in total. The number of halogens is 1. The molecular formula is C11H11BrN2S. The number of nitrogens with one attached hydrogen (secondary N) is 1. The van der Waals surface area contributed by atoms with E-state index in [2.05, 4.69) is 45.3 Å². The first-order valence-corrected chi connectivity index (χ1v) is 6.27. The summed E-state index contributed by atoms with van der Waals surface area (Å²) in [6.07, 6.45) is 0. The van der Waals surface area contributed by atoms with Crippen molar-refractivity contribution in [2.45, 2.75) is 13.5 Å². The van der Waals surface area contributed by atoms with Crippen molar-refractivity contribution < 1.29 is 0 Å². The topological polar surface area (TPSA) is 24.9 Å². The van der Waals surface area contributed by atoms with Gasteiger partial charge in [0.2, 0.25) is 0 Å². The largest absolute Gasteiger partial charge is 0.365 e. The number of aryl methyl sites for hydroxylation is 1. The molecule has 0 atom stereocenters. The zero-order valence-corrected chi connectivity index (χ0v) is 10.7. The highest BCUT2D eigenvalue weighted by molar-refractivity contribution is 9.10. The van der Waals surface area contributed by atoms with Crippen molar-refractivity contribution in [2.75, 3.05) is 5.32 Å². The molecule has 0 spiro atoms. The van der Waals surface area contributed by atoms with E-state index in [4.69, 9.17) is 0 Å². The minimum Gasteiger partial charge on any atom is -0.365 e. The average molecular weight is 283 g/mol. The first-order valence-electron chi connectivity index (χ1n) is 4.66. The van der Waals surface area contributed by atoms with Crippen LogP contribution in [-0.2, 0) is 6.54 Å². The average Bonchev–Trinajstić information content (AvgIpc) is 2.62. The molecule has 0 radical (unpaired) electrons. The summed E-state index contributed by atoms with van der Waals surface area (Å²) in [4.78, 5) is 6.97. The van der Waals surface area contributed by atoms with E-state index in [0.717, 1.165) is 17.0 Å². The maximum Gasteiger partial charge on any atom is 0.127 e. The van der Waals surface area contributed by atoms with Crippen LogP contribution in [0.15, 0.2) is 34.9 Å². The van der Waals surface area contributed by atoms with Crippen molar-refractivity contribution in [1.82, 2.24) is 4.98 Å². The minimum absolute atomic E-state index is 0.835. The zero-order valence-electron chi connectivity index (χ0n) is 8.33. The number of rotatable bonds is 3. The summed E-state index contributed by atoms with van der Waals surface area (Å²) in [7, 11) is 0. The summed E-state index contributed by atoms with van der Waals surface area (Å²) in [6.45, 7) is 2.95. The Morgan fingerprint density at radius 1 is 1.33 bits per heavy atom. The fourth-order valence-electron chi connectivity index (χ4n) is 1.26. The van der Waals surface area contributed by atoms with Gasteiger partial charge in [0.25, 0.3) is 0 Å². The highest BCUT2D eigenvalue weighted by Gasteiger charge is 1.98. The number of hydrogen-bond donors (Lipinski definition) is 1. The Bertz CT molecular complexity index is 453. The van der Waals surface area contributed by atoms with E-state index in [9.17, 15) is 0 Å². The quantitative estimate of drug-likeness (QED) is 0.866. The summed E-state index contributed by atoms with van der Waals surface area (Å²) in [6, 6.07) is 10.1. The highest BCUT2D eigenvalue weighted by Crippen LogP contribution is 2.17. The van der Waals surface area contributed by atoms with Crippen molar-refractivity contribution >= 4 is 33.1 Å². The fourth-order valence-corrected chi connectivity index (χ4v) is 2.44. The van der Waals surface area contributed by atoms with Crippen molar-refractivity contribution in [3.63, 3.8) is 0 Å². The lowest BCUT2D eigenvalue weighted by Gasteiger charge is -2.03. The van der Waals surface area contributed by atoms with Gasteiger partial charge in [-0.3, -0.25) is 0 Å². The molecule has 2 heterocycles. The van der Waals surface area contributed by atoms with Crippen molar-refractivity contribution in [3.05, 3.63) is 44.7 Å². The molecule has 2 aromatic heterocycles. The molecule has 78 valence electrons. The summed E-state index contributed by atoms with van der Waals surface area (Å²) in [5.41, 5.74) is 0. The zero-order chi connectivity index (χ0) is 10.7. The van der Waals surface area contributed by atoms with E-state index in [1.54, 1.807) is 0 Å². The lowest BCUT2D eigenvalue weighted by molar-refractivity contribution is 1.13. The number of nitrogens with zero attached hydrogens (tertiary/aromatic N) is 1. The van der Waals surface area contributed by atoms with Gasteiger partial charge in [-0.15, -0.1) is 11.3 Å². The molecule has 0 aliphatic heterocycles. The summed E-state index contributed by atoms with van der Waals surface area (Å²) < 4.78 is 0.856. The van der Waals surface area contributed by atoms with E-state index in [1.165, 1.54) is 9.75 Å². The standard InChI is InChI=1S/C11H11BrN2S/c1-8-5-6-9(15-8)7-13-11-4-2-3-10(12)14-11/h2-6H,7H2,1H3,(H,13,14). The van der Waals surface area contributed by atoms with Gasteiger partial charge in [-0.1, -0.05) is 6.07 Å². The number of pyridine rings is 1. The van der Waals surface area contributed by atoms with Crippen LogP contribution in [-0.4, -0.2) is 4.98 Å². The Hall–Kier alpha value is -0.870. The molecule has 2 nitrogen and oxygen atoms in total. The minimum atomic E-state index is 0.835. The third-order valence-electron chi connectivity index (χ3n) is 1.95. The number of aromatic nitrogens is 1. The third-order valence-corrected chi connectivity index (χ3v) is 3.40. The van der Waals surface area contributed by atoms with Gasteiger partial charge >= 0.3 is 0 Å². The lowest BCUT2D eigenvalue weighted by atomic mass is 10.4. The maximum atomic E-state index is 4.31. The monoisotopic (exact) mass is 282 g/mol. The molecule has 0 amide bonds. The number of anilines is 1. The molecule has 2 aromatic rings. The van der Waals surface area contributed by atoms with E-state index in [1.807, 2.05) is 29.5 Å². The normalized spacial score (nSPS) is 10.3. The SMILES string of the molecule is Cc1ccc(CNc2cccc(Br)n2)s1. The molecular weight excluding hydrogens is 272 g/mol. The molecule has 0 aromatic carbocycles. The van der Waals surface area contributed by atoms with Gasteiger partial charge in [-0.25, -0.2) is 4.98 Å².